The molecule has 0 amide bonds. The third kappa shape index (κ3) is 1.76. The minimum atomic E-state index is -0.242. The third-order valence-corrected chi connectivity index (χ3v) is 4.01. The Morgan fingerprint density at radius 1 is 1.44 bits per heavy atom. The van der Waals surface area contributed by atoms with Crippen molar-refractivity contribution < 1.29 is 5.11 Å². The molecule has 1 aromatic heterocycles. The van der Waals surface area contributed by atoms with E-state index in [1.54, 1.807) is 0 Å². The van der Waals surface area contributed by atoms with Gasteiger partial charge in [0.1, 0.15) is 5.69 Å². The maximum Gasteiger partial charge on any atom is 0.226 e. The minimum Gasteiger partial charge on any atom is -0.393 e. The lowest BCUT2D eigenvalue weighted by Crippen LogP contribution is -2.34. The van der Waals surface area contributed by atoms with E-state index in [9.17, 15) is 5.11 Å². The summed E-state index contributed by atoms with van der Waals surface area (Å²) in [5.74, 6) is 1.44. The summed E-state index contributed by atoms with van der Waals surface area (Å²) < 4.78 is 0. The van der Waals surface area contributed by atoms with E-state index in [0.29, 0.717) is 18.4 Å². The third-order valence-electron chi connectivity index (χ3n) is 3.84. The normalized spacial score (nSPS) is 30.4. The lowest BCUT2D eigenvalue weighted by atomic mass is 10.1. The molecule has 3 atom stereocenters. The average molecular weight is 270 g/mol. The molecule has 0 spiro atoms. The highest BCUT2D eigenvalue weighted by Crippen LogP contribution is 2.39. The molecular weight excluding hydrogens is 254 g/mol. The van der Waals surface area contributed by atoms with Gasteiger partial charge in [-0.2, -0.15) is 9.97 Å². The van der Waals surface area contributed by atoms with E-state index in [0.717, 1.165) is 24.3 Å². The van der Waals surface area contributed by atoms with Crippen LogP contribution in [0.3, 0.4) is 0 Å². The number of nitrogens with zero attached hydrogens (tertiary/aromatic N) is 3. The van der Waals surface area contributed by atoms with Gasteiger partial charge in [0.25, 0.3) is 0 Å². The highest BCUT2D eigenvalue weighted by molar-refractivity contribution is 6.28. The van der Waals surface area contributed by atoms with Crippen molar-refractivity contribution in [2.45, 2.75) is 31.9 Å². The zero-order valence-corrected chi connectivity index (χ0v) is 10.9. The standard InChI is InChI=1S/C11H16ClN5O/c1-5-2-6(3-7(5)18)17-4-14-8-9(13)15-11(12)16-10(8)17/h5-7,14,18H,2-4H2,1H3,(H2,13,15,16)/t5?,6?,7-/m1/s1. The van der Waals surface area contributed by atoms with Gasteiger partial charge in [0.05, 0.1) is 12.8 Å². The van der Waals surface area contributed by atoms with Gasteiger partial charge >= 0.3 is 0 Å². The summed E-state index contributed by atoms with van der Waals surface area (Å²) in [6.45, 7) is 2.70. The van der Waals surface area contributed by atoms with Crippen molar-refractivity contribution in [1.29, 1.82) is 0 Å². The van der Waals surface area contributed by atoms with Crippen LogP contribution in [0.25, 0.3) is 0 Å². The van der Waals surface area contributed by atoms with Crippen molar-refractivity contribution in [3.05, 3.63) is 5.28 Å². The average Bonchev–Trinajstić information content (AvgIpc) is 2.83. The van der Waals surface area contributed by atoms with Crippen LogP contribution in [0.4, 0.5) is 17.3 Å². The SMILES string of the molecule is CC1CC(N2CNc3c(N)nc(Cl)nc32)C[C@H]1O. The van der Waals surface area contributed by atoms with Crippen LogP contribution in [0.1, 0.15) is 19.8 Å². The monoisotopic (exact) mass is 269 g/mol. The molecule has 3 rings (SSSR count). The highest BCUT2D eigenvalue weighted by Gasteiger charge is 2.37. The van der Waals surface area contributed by atoms with E-state index >= 15 is 0 Å². The molecule has 1 aliphatic carbocycles. The maximum absolute atomic E-state index is 9.86. The Hall–Kier alpha value is -1.27. The Morgan fingerprint density at radius 3 is 2.89 bits per heavy atom. The van der Waals surface area contributed by atoms with Gasteiger partial charge in [0.2, 0.25) is 5.28 Å². The summed E-state index contributed by atoms with van der Waals surface area (Å²) in [4.78, 5) is 10.3. The van der Waals surface area contributed by atoms with Crippen LogP contribution >= 0.6 is 11.6 Å². The molecule has 18 heavy (non-hydrogen) atoms. The van der Waals surface area contributed by atoms with Crippen molar-refractivity contribution in [3.63, 3.8) is 0 Å². The van der Waals surface area contributed by atoms with Crippen LogP contribution in [-0.4, -0.2) is 33.9 Å². The van der Waals surface area contributed by atoms with Crippen LogP contribution in [-0.2, 0) is 0 Å². The van der Waals surface area contributed by atoms with Crippen molar-refractivity contribution in [1.82, 2.24) is 9.97 Å². The topological polar surface area (TPSA) is 87.3 Å². The molecule has 2 heterocycles. The molecule has 1 aliphatic heterocycles. The first-order chi connectivity index (χ1) is 8.56. The number of aliphatic hydroxyl groups excluding tert-OH is 1. The molecule has 0 saturated heterocycles. The molecule has 0 aromatic carbocycles. The van der Waals surface area contributed by atoms with Crippen molar-refractivity contribution in [2.24, 2.45) is 5.92 Å². The number of nitrogen functional groups attached to an aromatic ring is 1. The summed E-state index contributed by atoms with van der Waals surface area (Å²) in [6, 6.07) is 0.272. The number of rotatable bonds is 1. The van der Waals surface area contributed by atoms with E-state index in [-0.39, 0.29) is 17.4 Å². The number of halogens is 1. The van der Waals surface area contributed by atoms with E-state index in [1.807, 2.05) is 0 Å². The molecule has 1 saturated carbocycles. The number of aromatic nitrogens is 2. The van der Waals surface area contributed by atoms with E-state index in [4.69, 9.17) is 17.3 Å². The number of hydrogen-bond donors (Lipinski definition) is 3. The van der Waals surface area contributed by atoms with Gasteiger partial charge in [0, 0.05) is 6.04 Å². The van der Waals surface area contributed by atoms with Gasteiger partial charge in [0.15, 0.2) is 11.6 Å². The number of hydrogen-bond acceptors (Lipinski definition) is 6. The molecule has 0 bridgehead atoms. The molecule has 1 fully saturated rings. The first kappa shape index (κ1) is 11.8. The first-order valence-corrected chi connectivity index (χ1v) is 6.45. The molecular formula is C11H16ClN5O. The van der Waals surface area contributed by atoms with Gasteiger partial charge < -0.3 is 21.1 Å². The summed E-state index contributed by atoms with van der Waals surface area (Å²) in [5, 5.41) is 13.2. The fourth-order valence-electron chi connectivity index (χ4n) is 2.80. The predicted molar refractivity (Wildman–Crippen MR) is 70.6 cm³/mol. The van der Waals surface area contributed by atoms with Gasteiger partial charge in [-0.05, 0) is 30.4 Å². The van der Waals surface area contributed by atoms with Crippen molar-refractivity contribution >= 4 is 28.9 Å². The largest absolute Gasteiger partial charge is 0.393 e. The second-order valence-corrected chi connectivity index (χ2v) is 5.39. The summed E-state index contributed by atoms with van der Waals surface area (Å²) >= 11 is 5.85. The van der Waals surface area contributed by atoms with Gasteiger partial charge in [-0.25, -0.2) is 0 Å². The van der Waals surface area contributed by atoms with Crippen molar-refractivity contribution in [3.8, 4) is 0 Å². The zero-order valence-electron chi connectivity index (χ0n) is 10.1. The van der Waals surface area contributed by atoms with E-state index in [1.165, 1.54) is 0 Å². The molecule has 4 N–H and O–H groups in total. The van der Waals surface area contributed by atoms with Crippen LogP contribution < -0.4 is 16.0 Å². The predicted octanol–water partition coefficient (Wildman–Crippen LogP) is 1.06. The zero-order chi connectivity index (χ0) is 12.9. The van der Waals surface area contributed by atoms with E-state index in [2.05, 4.69) is 27.1 Å². The smallest absolute Gasteiger partial charge is 0.226 e. The second-order valence-electron chi connectivity index (χ2n) is 5.05. The lowest BCUT2D eigenvalue weighted by molar-refractivity contribution is 0.140. The van der Waals surface area contributed by atoms with Crippen LogP contribution in [0.15, 0.2) is 0 Å². The molecule has 1 aromatic rings. The summed E-state index contributed by atoms with van der Waals surface area (Å²) in [6.07, 6.45) is 1.46. The van der Waals surface area contributed by atoms with E-state index < -0.39 is 0 Å². The second kappa shape index (κ2) is 4.13. The Bertz CT molecular complexity index is 473. The van der Waals surface area contributed by atoms with Crippen LogP contribution in [0.5, 0.6) is 0 Å². The Morgan fingerprint density at radius 2 is 2.22 bits per heavy atom. The number of fused-ring (bicyclic) bond motifs is 1. The summed E-state index contributed by atoms with van der Waals surface area (Å²) in [5.41, 5.74) is 6.56. The van der Waals surface area contributed by atoms with Crippen LogP contribution in [0.2, 0.25) is 5.28 Å². The Kier molecular flexibility index (Phi) is 2.71. The fourth-order valence-corrected chi connectivity index (χ4v) is 2.98. The molecule has 2 unspecified atom stereocenters. The van der Waals surface area contributed by atoms with Gasteiger partial charge in [-0.15, -0.1) is 0 Å². The minimum absolute atomic E-state index is 0.159. The number of aliphatic hydroxyl groups is 1. The molecule has 6 nitrogen and oxygen atoms in total. The van der Waals surface area contributed by atoms with Gasteiger partial charge in [-0.1, -0.05) is 6.92 Å². The summed E-state index contributed by atoms with van der Waals surface area (Å²) in [7, 11) is 0. The quantitative estimate of drug-likeness (QED) is 0.661. The maximum atomic E-state index is 9.86. The van der Waals surface area contributed by atoms with Crippen LogP contribution in [0, 0.1) is 5.92 Å². The molecule has 2 aliphatic rings. The Balaban J connectivity index is 1.91. The number of anilines is 3. The number of nitrogens with two attached hydrogens (primary N) is 1. The Labute approximate surface area is 110 Å². The first-order valence-electron chi connectivity index (χ1n) is 6.08. The lowest BCUT2D eigenvalue weighted by Gasteiger charge is -2.24. The van der Waals surface area contributed by atoms with Crippen molar-refractivity contribution in [2.75, 3.05) is 22.6 Å². The number of nitrogens with one attached hydrogen (secondary N) is 1. The molecule has 98 valence electrons. The molecule has 0 radical (unpaired) electrons. The fraction of sp³-hybridized carbons (Fsp3) is 0.636. The van der Waals surface area contributed by atoms with Gasteiger partial charge in [-0.3, -0.25) is 0 Å². The molecule has 7 heteroatoms. The highest BCUT2D eigenvalue weighted by atomic mass is 35.5.